The lowest BCUT2D eigenvalue weighted by Gasteiger charge is -2.48. The predicted molar refractivity (Wildman–Crippen MR) is 120 cm³/mol. The quantitative estimate of drug-likeness (QED) is 0.598. The van der Waals surface area contributed by atoms with Gasteiger partial charge in [-0.15, -0.1) is 0 Å². The van der Waals surface area contributed by atoms with Crippen LogP contribution in [0.1, 0.15) is 56.3 Å². The Morgan fingerprint density at radius 2 is 1.91 bits per heavy atom. The summed E-state index contributed by atoms with van der Waals surface area (Å²) >= 11 is 0. The molecule has 0 amide bonds. The Morgan fingerprint density at radius 1 is 1.09 bits per heavy atom. The predicted octanol–water partition coefficient (Wildman–Crippen LogP) is 6.20. The number of piperidine rings is 1. The van der Waals surface area contributed by atoms with Gasteiger partial charge in [-0.05, 0) is 69.3 Å². The number of nitrogens with one attached hydrogen (secondary N) is 1. The molecule has 2 saturated heterocycles. The number of likely N-dealkylation sites (tertiary alicyclic amines) is 1. The standard InChI is InChI=1S/C26H33F3N2O/c1-17-11-13-31(14-12-17)16-20-8-9-21-24(18-5-3-2-4-6-18)30-23-10-7-19(26(27,28)29)15-22(23)25(21)32-20/h2-5,7,10,15,17-18,20-21,24-25,30H,6,8-9,11-14,16H2,1H3/t18?,20-,21+,24+,25+/m1/s1. The average Bonchev–Trinajstić information content (AvgIpc) is 2.79. The first-order valence-electron chi connectivity index (χ1n) is 12.1. The molecule has 0 saturated carbocycles. The number of hydrogen-bond donors (Lipinski definition) is 1. The number of alkyl halides is 3. The van der Waals surface area contributed by atoms with Gasteiger partial charge in [-0.3, -0.25) is 0 Å². The van der Waals surface area contributed by atoms with Gasteiger partial charge < -0.3 is 15.0 Å². The SMILES string of the molecule is CC1CCN(C[C@H]2CC[C@@H]3[C@H](O2)c2cc(C(F)(F)F)ccc2N[C@H]3C2C=CC=CC2)CC1. The molecule has 0 spiro atoms. The number of rotatable bonds is 3. The van der Waals surface area contributed by atoms with E-state index in [1.165, 1.54) is 25.0 Å². The summed E-state index contributed by atoms with van der Waals surface area (Å²) in [5.74, 6) is 1.27. The minimum Gasteiger partial charge on any atom is -0.381 e. The maximum Gasteiger partial charge on any atom is 0.416 e. The van der Waals surface area contributed by atoms with Gasteiger partial charge in [0.2, 0.25) is 0 Å². The van der Waals surface area contributed by atoms with Gasteiger partial charge in [-0.25, -0.2) is 0 Å². The Morgan fingerprint density at radius 3 is 2.62 bits per heavy atom. The van der Waals surface area contributed by atoms with Crippen molar-refractivity contribution in [2.75, 3.05) is 25.0 Å². The number of halogens is 3. The second-order valence-electron chi connectivity index (χ2n) is 10.1. The smallest absolute Gasteiger partial charge is 0.381 e. The van der Waals surface area contributed by atoms with E-state index < -0.39 is 11.7 Å². The van der Waals surface area contributed by atoms with Crippen LogP contribution in [0, 0.1) is 17.8 Å². The lowest BCUT2D eigenvalue weighted by atomic mass is 9.73. The number of ether oxygens (including phenoxy) is 1. The van der Waals surface area contributed by atoms with Crippen LogP contribution in [0.3, 0.4) is 0 Å². The number of hydrogen-bond acceptors (Lipinski definition) is 3. The summed E-state index contributed by atoms with van der Waals surface area (Å²) in [5.41, 5.74) is 0.875. The molecule has 1 aromatic carbocycles. The van der Waals surface area contributed by atoms with Crippen molar-refractivity contribution in [2.45, 2.75) is 63.5 Å². The lowest BCUT2D eigenvalue weighted by Crippen LogP contribution is -2.49. The molecule has 3 heterocycles. The zero-order chi connectivity index (χ0) is 22.3. The molecule has 4 aliphatic rings. The van der Waals surface area contributed by atoms with Crippen LogP contribution < -0.4 is 5.32 Å². The van der Waals surface area contributed by atoms with E-state index in [0.717, 1.165) is 50.5 Å². The molecule has 0 aromatic heterocycles. The topological polar surface area (TPSA) is 24.5 Å². The first-order chi connectivity index (χ1) is 15.4. The molecule has 1 aromatic rings. The minimum absolute atomic E-state index is 0.0765. The first-order valence-corrected chi connectivity index (χ1v) is 12.1. The maximum absolute atomic E-state index is 13.5. The third kappa shape index (κ3) is 4.49. The van der Waals surface area contributed by atoms with Gasteiger partial charge in [0.05, 0.1) is 17.8 Å². The third-order valence-corrected chi connectivity index (χ3v) is 7.83. The van der Waals surface area contributed by atoms with Gasteiger partial charge in [-0.1, -0.05) is 31.2 Å². The van der Waals surface area contributed by atoms with E-state index in [2.05, 4.69) is 41.4 Å². The summed E-state index contributed by atoms with van der Waals surface area (Å²) < 4.78 is 47.1. The van der Waals surface area contributed by atoms with Crippen molar-refractivity contribution in [3.63, 3.8) is 0 Å². The number of fused-ring (bicyclic) bond motifs is 3. The molecule has 3 aliphatic heterocycles. The van der Waals surface area contributed by atoms with Gasteiger partial charge >= 0.3 is 6.18 Å². The van der Waals surface area contributed by atoms with Crippen molar-refractivity contribution >= 4 is 5.69 Å². The highest BCUT2D eigenvalue weighted by Gasteiger charge is 2.45. The monoisotopic (exact) mass is 446 g/mol. The van der Waals surface area contributed by atoms with Crippen LogP contribution in [0.15, 0.2) is 42.5 Å². The molecule has 6 heteroatoms. The zero-order valence-electron chi connectivity index (χ0n) is 18.7. The average molecular weight is 447 g/mol. The van der Waals surface area contributed by atoms with E-state index in [1.807, 2.05) is 0 Å². The van der Waals surface area contributed by atoms with Crippen LogP contribution in [0.25, 0.3) is 0 Å². The van der Waals surface area contributed by atoms with E-state index >= 15 is 0 Å². The summed E-state index contributed by atoms with van der Waals surface area (Å²) in [6.07, 6.45) is 9.29. The number of anilines is 1. The Hall–Kier alpha value is -1.79. The molecule has 0 radical (unpaired) electrons. The highest BCUT2D eigenvalue weighted by atomic mass is 19.4. The van der Waals surface area contributed by atoms with Crippen LogP contribution in [-0.4, -0.2) is 36.7 Å². The molecule has 1 N–H and O–H groups in total. The van der Waals surface area contributed by atoms with Crippen LogP contribution in [0.5, 0.6) is 0 Å². The van der Waals surface area contributed by atoms with E-state index in [4.69, 9.17) is 4.74 Å². The van der Waals surface area contributed by atoms with Crippen molar-refractivity contribution in [3.8, 4) is 0 Å². The van der Waals surface area contributed by atoms with Gasteiger partial charge in [0.15, 0.2) is 0 Å². The molecule has 2 fully saturated rings. The number of allylic oxidation sites excluding steroid dienone is 3. The van der Waals surface area contributed by atoms with Gasteiger partial charge in [-0.2, -0.15) is 13.2 Å². The summed E-state index contributed by atoms with van der Waals surface area (Å²) in [6, 6.07) is 4.28. The maximum atomic E-state index is 13.5. The number of nitrogens with zero attached hydrogens (tertiary/aromatic N) is 1. The zero-order valence-corrected chi connectivity index (χ0v) is 18.7. The molecular weight excluding hydrogens is 413 g/mol. The van der Waals surface area contributed by atoms with Gasteiger partial charge in [0.25, 0.3) is 0 Å². The van der Waals surface area contributed by atoms with E-state index in [0.29, 0.717) is 11.5 Å². The molecule has 3 nitrogen and oxygen atoms in total. The second kappa shape index (κ2) is 8.86. The van der Waals surface area contributed by atoms with E-state index in [1.54, 1.807) is 6.07 Å². The Labute approximate surface area is 188 Å². The fourth-order valence-corrected chi connectivity index (χ4v) is 5.93. The summed E-state index contributed by atoms with van der Waals surface area (Å²) in [6.45, 7) is 5.37. The van der Waals surface area contributed by atoms with Crippen molar-refractivity contribution in [2.24, 2.45) is 17.8 Å². The van der Waals surface area contributed by atoms with E-state index in [9.17, 15) is 13.2 Å². The molecule has 0 bridgehead atoms. The van der Waals surface area contributed by atoms with Crippen molar-refractivity contribution < 1.29 is 17.9 Å². The Balaban J connectivity index is 1.40. The lowest BCUT2D eigenvalue weighted by molar-refractivity contribution is -0.138. The molecule has 5 rings (SSSR count). The van der Waals surface area contributed by atoms with Gasteiger partial charge in [0, 0.05) is 35.7 Å². The normalized spacial score (nSPS) is 33.4. The number of benzene rings is 1. The van der Waals surface area contributed by atoms with Crippen LogP contribution >= 0.6 is 0 Å². The molecular formula is C26H33F3N2O. The van der Waals surface area contributed by atoms with Crippen molar-refractivity contribution in [1.82, 2.24) is 4.90 Å². The minimum atomic E-state index is -4.35. The highest BCUT2D eigenvalue weighted by molar-refractivity contribution is 5.58. The summed E-state index contributed by atoms with van der Waals surface area (Å²) in [7, 11) is 0. The summed E-state index contributed by atoms with van der Waals surface area (Å²) in [4.78, 5) is 2.48. The first kappa shape index (κ1) is 22.0. The molecule has 1 unspecified atom stereocenters. The van der Waals surface area contributed by atoms with E-state index in [-0.39, 0.29) is 24.2 Å². The molecule has 174 valence electrons. The largest absolute Gasteiger partial charge is 0.416 e. The van der Waals surface area contributed by atoms with Crippen molar-refractivity contribution in [3.05, 3.63) is 53.6 Å². The summed E-state index contributed by atoms with van der Waals surface area (Å²) in [5, 5.41) is 3.60. The van der Waals surface area contributed by atoms with Crippen LogP contribution in [-0.2, 0) is 10.9 Å². The fourth-order valence-electron chi connectivity index (χ4n) is 5.93. The second-order valence-corrected chi connectivity index (χ2v) is 10.1. The third-order valence-electron chi connectivity index (χ3n) is 7.83. The highest BCUT2D eigenvalue weighted by Crippen LogP contribution is 2.49. The fraction of sp³-hybridized carbons (Fsp3) is 0.615. The Kier molecular flexibility index (Phi) is 6.10. The molecule has 5 atom stereocenters. The van der Waals surface area contributed by atoms with Crippen molar-refractivity contribution in [1.29, 1.82) is 0 Å². The van der Waals surface area contributed by atoms with Crippen LogP contribution in [0.4, 0.5) is 18.9 Å². The van der Waals surface area contributed by atoms with Gasteiger partial charge in [0.1, 0.15) is 0 Å². The van der Waals surface area contributed by atoms with Crippen LogP contribution in [0.2, 0.25) is 0 Å². The molecule has 1 aliphatic carbocycles. The Bertz CT molecular complexity index is 872. The molecule has 32 heavy (non-hydrogen) atoms.